The summed E-state index contributed by atoms with van der Waals surface area (Å²) >= 11 is 0. The Hall–Kier alpha value is -2.62. The van der Waals surface area contributed by atoms with Gasteiger partial charge in [-0.25, -0.2) is 0 Å². The lowest BCUT2D eigenvalue weighted by Gasteiger charge is -2.09. The fourth-order valence-electron chi connectivity index (χ4n) is 2.21. The van der Waals surface area contributed by atoms with E-state index in [9.17, 15) is 0 Å². The van der Waals surface area contributed by atoms with Gasteiger partial charge in [0.05, 0.1) is 5.69 Å². The molecule has 1 aromatic heterocycles. The lowest BCUT2D eigenvalue weighted by atomic mass is 10.1. The molecule has 3 rings (SSSR count). The number of hydrogen-bond acceptors (Lipinski definition) is 3. The molecule has 0 unspecified atom stereocenters. The van der Waals surface area contributed by atoms with E-state index in [4.69, 9.17) is 0 Å². The predicted octanol–water partition coefficient (Wildman–Crippen LogP) is 3.44. The van der Waals surface area contributed by atoms with Crippen LogP contribution in [0.4, 0.5) is 5.69 Å². The predicted molar refractivity (Wildman–Crippen MR) is 84.5 cm³/mol. The molecular weight excluding hydrogens is 260 g/mol. The molecule has 1 heterocycles. The molecule has 0 fully saturated rings. The molecular formula is C17H18N4. The minimum Gasteiger partial charge on any atom is -0.381 e. The number of anilines is 1. The van der Waals surface area contributed by atoms with Crippen molar-refractivity contribution in [3.8, 4) is 5.69 Å². The average Bonchev–Trinajstić information content (AvgIpc) is 3.08. The second kappa shape index (κ2) is 6.22. The number of nitrogens with one attached hydrogen (secondary N) is 1. The van der Waals surface area contributed by atoms with Crippen LogP contribution in [0, 0.1) is 0 Å². The number of nitrogens with zero attached hydrogens (tertiary/aromatic N) is 3. The van der Waals surface area contributed by atoms with E-state index >= 15 is 0 Å². The molecule has 0 amide bonds. The van der Waals surface area contributed by atoms with E-state index in [1.54, 1.807) is 12.7 Å². The van der Waals surface area contributed by atoms with Crippen molar-refractivity contribution in [1.29, 1.82) is 0 Å². The first-order valence-electron chi connectivity index (χ1n) is 7.12. The Morgan fingerprint density at radius 3 is 2.38 bits per heavy atom. The summed E-state index contributed by atoms with van der Waals surface area (Å²) in [5.74, 6) is 0. The van der Waals surface area contributed by atoms with E-state index in [2.05, 4.69) is 58.8 Å². The van der Waals surface area contributed by atoms with Gasteiger partial charge in [0, 0.05) is 12.2 Å². The maximum atomic E-state index is 3.83. The van der Waals surface area contributed by atoms with Crippen molar-refractivity contribution in [1.82, 2.24) is 14.8 Å². The third-order valence-electron chi connectivity index (χ3n) is 3.49. The first kappa shape index (κ1) is 13.4. The molecule has 3 aromatic rings. The fraction of sp³-hybridized carbons (Fsp3) is 0.176. The van der Waals surface area contributed by atoms with E-state index < -0.39 is 0 Å². The van der Waals surface area contributed by atoms with Crippen LogP contribution < -0.4 is 5.32 Å². The summed E-state index contributed by atoms with van der Waals surface area (Å²) in [6.07, 6.45) is 4.47. The van der Waals surface area contributed by atoms with E-state index in [-0.39, 0.29) is 0 Å². The van der Waals surface area contributed by atoms with Crippen LogP contribution >= 0.6 is 0 Å². The largest absolute Gasteiger partial charge is 0.381 e. The van der Waals surface area contributed by atoms with Crippen LogP contribution in [0.25, 0.3) is 5.69 Å². The lowest BCUT2D eigenvalue weighted by Crippen LogP contribution is -2.00. The third kappa shape index (κ3) is 3.28. The van der Waals surface area contributed by atoms with Crippen molar-refractivity contribution in [2.24, 2.45) is 0 Å². The number of hydrogen-bond donors (Lipinski definition) is 1. The maximum absolute atomic E-state index is 3.83. The van der Waals surface area contributed by atoms with E-state index in [0.717, 1.165) is 24.3 Å². The Morgan fingerprint density at radius 2 is 1.67 bits per heavy atom. The SMILES string of the molecule is CCc1ccc(CNc2cccc(-n3cnnc3)c2)cc1. The highest BCUT2D eigenvalue weighted by Crippen LogP contribution is 2.15. The first-order chi connectivity index (χ1) is 10.3. The van der Waals surface area contributed by atoms with Crippen molar-refractivity contribution in [3.05, 3.63) is 72.3 Å². The molecule has 0 aliphatic carbocycles. The number of rotatable bonds is 5. The molecule has 4 nitrogen and oxygen atoms in total. The summed E-state index contributed by atoms with van der Waals surface area (Å²) in [6.45, 7) is 2.99. The van der Waals surface area contributed by atoms with Gasteiger partial charge in [-0.3, -0.25) is 4.57 Å². The molecule has 0 radical (unpaired) electrons. The van der Waals surface area contributed by atoms with Crippen LogP contribution in [0.3, 0.4) is 0 Å². The second-order valence-corrected chi connectivity index (χ2v) is 4.94. The topological polar surface area (TPSA) is 42.7 Å². The van der Waals surface area contributed by atoms with E-state index in [0.29, 0.717) is 0 Å². The maximum Gasteiger partial charge on any atom is 0.123 e. The minimum atomic E-state index is 0.815. The Kier molecular flexibility index (Phi) is 3.96. The zero-order chi connectivity index (χ0) is 14.5. The highest BCUT2D eigenvalue weighted by atomic mass is 15.2. The second-order valence-electron chi connectivity index (χ2n) is 4.94. The summed E-state index contributed by atoms with van der Waals surface area (Å²) in [5, 5.41) is 11.1. The summed E-state index contributed by atoms with van der Waals surface area (Å²) in [7, 11) is 0. The van der Waals surface area contributed by atoms with Gasteiger partial charge in [0.25, 0.3) is 0 Å². The Labute approximate surface area is 124 Å². The van der Waals surface area contributed by atoms with Crippen LogP contribution in [0.1, 0.15) is 18.1 Å². The fourth-order valence-corrected chi connectivity index (χ4v) is 2.21. The van der Waals surface area contributed by atoms with E-state index in [1.165, 1.54) is 11.1 Å². The van der Waals surface area contributed by atoms with Crippen LogP contribution in [0.2, 0.25) is 0 Å². The van der Waals surface area contributed by atoms with Crippen molar-refractivity contribution < 1.29 is 0 Å². The Balaban J connectivity index is 1.68. The van der Waals surface area contributed by atoms with Gasteiger partial charge in [-0.15, -0.1) is 10.2 Å². The van der Waals surface area contributed by atoms with Gasteiger partial charge in [0.2, 0.25) is 0 Å². The summed E-state index contributed by atoms with van der Waals surface area (Å²) in [5.41, 5.74) is 4.78. The van der Waals surface area contributed by atoms with Gasteiger partial charge < -0.3 is 5.32 Å². The molecule has 4 heteroatoms. The summed E-state index contributed by atoms with van der Waals surface area (Å²) in [4.78, 5) is 0. The van der Waals surface area contributed by atoms with Gasteiger partial charge in [-0.1, -0.05) is 37.3 Å². The Morgan fingerprint density at radius 1 is 0.952 bits per heavy atom. The third-order valence-corrected chi connectivity index (χ3v) is 3.49. The van der Waals surface area contributed by atoms with Gasteiger partial charge in [0.15, 0.2) is 0 Å². The molecule has 0 aliphatic heterocycles. The van der Waals surface area contributed by atoms with Gasteiger partial charge >= 0.3 is 0 Å². The summed E-state index contributed by atoms with van der Waals surface area (Å²) in [6, 6.07) is 16.9. The Bertz CT molecular complexity index is 687. The molecule has 0 bridgehead atoms. The molecule has 1 N–H and O–H groups in total. The van der Waals surface area contributed by atoms with Gasteiger partial charge in [0.1, 0.15) is 12.7 Å². The quantitative estimate of drug-likeness (QED) is 0.777. The van der Waals surface area contributed by atoms with Gasteiger partial charge in [-0.05, 0) is 35.7 Å². The molecule has 106 valence electrons. The normalized spacial score (nSPS) is 10.5. The highest BCUT2D eigenvalue weighted by molar-refractivity contribution is 5.51. The van der Waals surface area contributed by atoms with E-state index in [1.807, 2.05) is 16.7 Å². The van der Waals surface area contributed by atoms with Crippen molar-refractivity contribution in [3.63, 3.8) is 0 Å². The molecule has 0 atom stereocenters. The summed E-state index contributed by atoms with van der Waals surface area (Å²) < 4.78 is 1.89. The molecule has 21 heavy (non-hydrogen) atoms. The van der Waals surface area contributed by atoms with Crippen molar-refractivity contribution in [2.75, 3.05) is 5.32 Å². The molecule has 2 aromatic carbocycles. The van der Waals surface area contributed by atoms with Crippen LogP contribution in [0.15, 0.2) is 61.2 Å². The molecule has 0 saturated carbocycles. The number of aryl methyl sites for hydroxylation is 1. The van der Waals surface area contributed by atoms with Crippen molar-refractivity contribution in [2.45, 2.75) is 19.9 Å². The molecule has 0 spiro atoms. The molecule has 0 saturated heterocycles. The van der Waals surface area contributed by atoms with Crippen LogP contribution in [-0.4, -0.2) is 14.8 Å². The number of benzene rings is 2. The number of aromatic nitrogens is 3. The molecule has 0 aliphatic rings. The van der Waals surface area contributed by atoms with Crippen LogP contribution in [-0.2, 0) is 13.0 Å². The zero-order valence-corrected chi connectivity index (χ0v) is 12.0. The van der Waals surface area contributed by atoms with Crippen LogP contribution in [0.5, 0.6) is 0 Å². The zero-order valence-electron chi connectivity index (χ0n) is 12.0. The highest BCUT2D eigenvalue weighted by Gasteiger charge is 1.99. The lowest BCUT2D eigenvalue weighted by molar-refractivity contribution is 1.05. The first-order valence-corrected chi connectivity index (χ1v) is 7.12. The monoisotopic (exact) mass is 278 g/mol. The van der Waals surface area contributed by atoms with Gasteiger partial charge in [-0.2, -0.15) is 0 Å². The van der Waals surface area contributed by atoms with Crippen molar-refractivity contribution >= 4 is 5.69 Å². The standard InChI is InChI=1S/C17H18N4/c1-2-14-6-8-15(9-7-14)11-18-16-4-3-5-17(10-16)21-12-19-20-13-21/h3-10,12-13,18H,2,11H2,1H3. The minimum absolute atomic E-state index is 0.815. The smallest absolute Gasteiger partial charge is 0.123 e. The average molecular weight is 278 g/mol.